The summed E-state index contributed by atoms with van der Waals surface area (Å²) < 4.78 is 13.6. The number of fused-ring (bicyclic) bond motifs is 1. The summed E-state index contributed by atoms with van der Waals surface area (Å²) in [6.45, 7) is 4.90. The second-order valence-electron chi connectivity index (χ2n) is 8.24. The number of hydrogen-bond donors (Lipinski definition) is 1. The highest BCUT2D eigenvalue weighted by molar-refractivity contribution is 7.99. The first-order valence-corrected chi connectivity index (χ1v) is 12.3. The summed E-state index contributed by atoms with van der Waals surface area (Å²) in [5.74, 6) is 2.20. The highest BCUT2D eigenvalue weighted by Gasteiger charge is 2.22. The van der Waals surface area contributed by atoms with Crippen LogP contribution in [-0.4, -0.2) is 50.7 Å². The minimum Gasteiger partial charge on any atom is -0.486 e. The second-order valence-corrected chi connectivity index (χ2v) is 9.18. The zero-order valence-corrected chi connectivity index (χ0v) is 20.3. The van der Waals surface area contributed by atoms with Gasteiger partial charge in [0, 0.05) is 18.0 Å². The molecule has 3 heterocycles. The van der Waals surface area contributed by atoms with Crippen LogP contribution in [0, 0.1) is 13.8 Å². The van der Waals surface area contributed by atoms with E-state index in [1.807, 2.05) is 47.0 Å². The molecule has 5 rings (SSSR count). The van der Waals surface area contributed by atoms with Crippen molar-refractivity contribution in [3.8, 4) is 28.6 Å². The van der Waals surface area contributed by atoms with Crippen LogP contribution in [0.15, 0.2) is 72.1 Å². The molecule has 35 heavy (non-hydrogen) atoms. The summed E-state index contributed by atoms with van der Waals surface area (Å²) in [4.78, 5) is 16.7. The van der Waals surface area contributed by atoms with Crippen LogP contribution in [0.2, 0.25) is 0 Å². The molecule has 0 radical (unpaired) electrons. The van der Waals surface area contributed by atoms with Gasteiger partial charge in [-0.2, -0.15) is 0 Å². The van der Waals surface area contributed by atoms with E-state index in [9.17, 15) is 4.79 Å². The Hall–Kier alpha value is -3.85. The van der Waals surface area contributed by atoms with Gasteiger partial charge in [-0.25, -0.2) is 0 Å². The van der Waals surface area contributed by atoms with Gasteiger partial charge < -0.3 is 14.8 Å². The number of carbonyl (C=O) groups excluding carboxylic acids is 1. The van der Waals surface area contributed by atoms with Crippen LogP contribution in [-0.2, 0) is 4.79 Å². The van der Waals surface area contributed by atoms with Crippen molar-refractivity contribution in [1.29, 1.82) is 0 Å². The Labute approximate surface area is 207 Å². The van der Waals surface area contributed by atoms with Crippen LogP contribution in [0.1, 0.15) is 11.1 Å². The minimum absolute atomic E-state index is 0.113. The number of nitrogens with zero attached hydrogens (tertiary/aromatic N) is 4. The summed E-state index contributed by atoms with van der Waals surface area (Å²) in [6.07, 6.45) is 3.21. The number of para-hydroxylation sites is 2. The Morgan fingerprint density at radius 2 is 1.86 bits per heavy atom. The number of nitrogens with one attached hydrogen (secondary N) is 1. The number of carbonyl (C=O) groups is 1. The van der Waals surface area contributed by atoms with E-state index in [1.165, 1.54) is 22.9 Å². The SMILES string of the molecule is Cc1ccc(-n2c(SCC(=O)NC[C@H]3COc4ccccc4O3)nnc2-c2ccncc2)cc1C. The van der Waals surface area contributed by atoms with Gasteiger partial charge >= 0.3 is 0 Å². The van der Waals surface area contributed by atoms with E-state index in [-0.39, 0.29) is 17.8 Å². The van der Waals surface area contributed by atoms with Crippen molar-refractivity contribution in [2.24, 2.45) is 0 Å². The predicted octanol–water partition coefficient (Wildman–Crippen LogP) is 3.99. The lowest BCUT2D eigenvalue weighted by molar-refractivity contribution is -0.119. The standard InChI is InChI=1S/C26H25N5O3S/c1-17-7-8-20(13-18(17)2)31-25(19-9-11-27-12-10-19)29-30-26(31)35-16-24(32)28-14-21-15-33-22-5-3-4-6-23(22)34-21/h3-13,21H,14-16H2,1-2H3,(H,28,32)/t21-/m0/s1. The summed E-state index contributed by atoms with van der Waals surface area (Å²) in [5, 5.41) is 12.4. The monoisotopic (exact) mass is 487 g/mol. The Morgan fingerprint density at radius 1 is 1.06 bits per heavy atom. The molecule has 8 nitrogen and oxygen atoms in total. The number of pyridine rings is 1. The topological polar surface area (TPSA) is 91.2 Å². The molecule has 0 fully saturated rings. The molecule has 2 aromatic heterocycles. The van der Waals surface area contributed by atoms with E-state index in [2.05, 4.69) is 46.5 Å². The van der Waals surface area contributed by atoms with Crippen molar-refractivity contribution in [3.63, 3.8) is 0 Å². The maximum Gasteiger partial charge on any atom is 0.230 e. The van der Waals surface area contributed by atoms with Gasteiger partial charge in [0.25, 0.3) is 0 Å². The van der Waals surface area contributed by atoms with Crippen molar-refractivity contribution in [2.45, 2.75) is 25.1 Å². The molecule has 0 saturated heterocycles. The molecular formula is C26H25N5O3S. The third-order valence-electron chi connectivity index (χ3n) is 5.75. The summed E-state index contributed by atoms with van der Waals surface area (Å²) >= 11 is 1.34. The maximum absolute atomic E-state index is 12.6. The van der Waals surface area contributed by atoms with Crippen LogP contribution < -0.4 is 14.8 Å². The van der Waals surface area contributed by atoms with Gasteiger partial charge in [-0.3, -0.25) is 14.3 Å². The fraction of sp³-hybridized carbons (Fsp3) is 0.231. The Kier molecular flexibility index (Phi) is 6.67. The van der Waals surface area contributed by atoms with Gasteiger partial charge in [-0.05, 0) is 61.4 Å². The van der Waals surface area contributed by atoms with E-state index in [4.69, 9.17) is 9.47 Å². The molecule has 1 amide bonds. The first kappa shape index (κ1) is 22.9. The van der Waals surface area contributed by atoms with Crippen molar-refractivity contribution in [1.82, 2.24) is 25.1 Å². The Bertz CT molecular complexity index is 1340. The van der Waals surface area contributed by atoms with Crippen molar-refractivity contribution in [3.05, 3.63) is 78.1 Å². The molecule has 0 unspecified atom stereocenters. The maximum atomic E-state index is 12.6. The summed E-state index contributed by atoms with van der Waals surface area (Å²) in [6, 6.07) is 17.5. The first-order chi connectivity index (χ1) is 17.1. The molecule has 1 aliphatic heterocycles. The van der Waals surface area contributed by atoms with E-state index in [0.717, 1.165) is 17.0 Å². The Morgan fingerprint density at radius 3 is 2.66 bits per heavy atom. The molecule has 1 atom stereocenters. The van der Waals surface area contributed by atoms with Gasteiger partial charge in [-0.1, -0.05) is 30.0 Å². The highest BCUT2D eigenvalue weighted by Crippen LogP contribution is 2.31. The summed E-state index contributed by atoms with van der Waals surface area (Å²) in [5.41, 5.74) is 4.22. The van der Waals surface area contributed by atoms with Gasteiger partial charge in [0.2, 0.25) is 5.91 Å². The lowest BCUT2D eigenvalue weighted by Gasteiger charge is -2.26. The van der Waals surface area contributed by atoms with E-state index >= 15 is 0 Å². The molecule has 178 valence electrons. The lowest BCUT2D eigenvalue weighted by atomic mass is 10.1. The number of amides is 1. The van der Waals surface area contributed by atoms with Gasteiger partial charge in [-0.15, -0.1) is 10.2 Å². The van der Waals surface area contributed by atoms with Crippen molar-refractivity contribution >= 4 is 17.7 Å². The average molecular weight is 488 g/mol. The summed E-state index contributed by atoms with van der Waals surface area (Å²) in [7, 11) is 0. The zero-order chi connectivity index (χ0) is 24.2. The van der Waals surface area contributed by atoms with Crippen LogP contribution in [0.4, 0.5) is 0 Å². The average Bonchev–Trinajstić information content (AvgIpc) is 3.32. The molecule has 1 aliphatic rings. The zero-order valence-electron chi connectivity index (χ0n) is 19.5. The second kappa shape index (κ2) is 10.2. The smallest absolute Gasteiger partial charge is 0.230 e. The first-order valence-electron chi connectivity index (χ1n) is 11.3. The Balaban J connectivity index is 1.28. The van der Waals surface area contributed by atoms with E-state index < -0.39 is 0 Å². The number of hydrogen-bond acceptors (Lipinski definition) is 7. The molecule has 0 spiro atoms. The lowest BCUT2D eigenvalue weighted by Crippen LogP contribution is -2.41. The third-order valence-corrected chi connectivity index (χ3v) is 6.68. The normalized spacial score (nSPS) is 14.5. The molecule has 0 aliphatic carbocycles. The fourth-order valence-electron chi connectivity index (χ4n) is 3.72. The van der Waals surface area contributed by atoms with Crippen molar-refractivity contribution < 1.29 is 14.3 Å². The number of benzene rings is 2. The van der Waals surface area contributed by atoms with Gasteiger partial charge in [0.15, 0.2) is 22.5 Å². The van der Waals surface area contributed by atoms with Crippen LogP contribution >= 0.6 is 11.8 Å². The number of ether oxygens (including phenoxy) is 2. The van der Waals surface area contributed by atoms with E-state index in [0.29, 0.717) is 29.9 Å². The fourth-order valence-corrected chi connectivity index (χ4v) is 4.50. The van der Waals surface area contributed by atoms with Crippen molar-refractivity contribution in [2.75, 3.05) is 18.9 Å². The molecule has 0 saturated carbocycles. The number of aryl methyl sites for hydroxylation is 2. The quantitative estimate of drug-likeness (QED) is 0.394. The third kappa shape index (κ3) is 5.14. The molecule has 9 heteroatoms. The van der Waals surface area contributed by atoms with Gasteiger partial charge in [0.1, 0.15) is 12.7 Å². The molecule has 2 aromatic carbocycles. The minimum atomic E-state index is -0.240. The molecular weight excluding hydrogens is 462 g/mol. The van der Waals surface area contributed by atoms with E-state index in [1.54, 1.807) is 12.4 Å². The molecule has 4 aromatic rings. The largest absolute Gasteiger partial charge is 0.486 e. The number of rotatable bonds is 7. The van der Waals surface area contributed by atoms with Crippen LogP contribution in [0.25, 0.3) is 17.1 Å². The van der Waals surface area contributed by atoms with Crippen LogP contribution in [0.5, 0.6) is 11.5 Å². The molecule has 0 bridgehead atoms. The predicted molar refractivity (Wildman–Crippen MR) is 134 cm³/mol. The number of thioether (sulfide) groups is 1. The van der Waals surface area contributed by atoms with Crippen LogP contribution in [0.3, 0.4) is 0 Å². The molecule has 1 N–H and O–H groups in total. The number of aromatic nitrogens is 4. The van der Waals surface area contributed by atoms with Gasteiger partial charge in [0.05, 0.1) is 18.0 Å². The highest BCUT2D eigenvalue weighted by atomic mass is 32.2.